The molecule has 0 saturated heterocycles. The lowest BCUT2D eigenvalue weighted by molar-refractivity contribution is -0.385. The van der Waals surface area contributed by atoms with Crippen molar-refractivity contribution >= 4 is 24.3 Å². The van der Waals surface area contributed by atoms with Crippen molar-refractivity contribution in [3.8, 4) is 6.07 Å². The first-order valence-electron chi connectivity index (χ1n) is 4.08. The molecule has 0 aromatic heterocycles. The number of nitro groups is 1. The number of carboxylic acids is 1. The number of nitro benzene ring substituents is 1. The lowest BCUT2D eigenvalue weighted by atomic mass is 10.1. The molecular weight excluding hydrogens is 232 g/mol. The molecule has 0 unspecified atom stereocenters. The summed E-state index contributed by atoms with van der Waals surface area (Å²) < 4.78 is 0. The molecule has 0 aliphatic rings. The van der Waals surface area contributed by atoms with Gasteiger partial charge in [0.25, 0.3) is 5.69 Å². The van der Waals surface area contributed by atoms with E-state index < -0.39 is 16.6 Å². The fourth-order valence-electron chi connectivity index (χ4n) is 1.17. The van der Waals surface area contributed by atoms with Gasteiger partial charge in [-0.3, -0.25) is 14.9 Å². The second-order valence-corrected chi connectivity index (χ2v) is 3.42. The number of rotatable bonds is 3. The zero-order chi connectivity index (χ0) is 12.3. The molecule has 1 rings (SSSR count). The molecule has 0 amide bonds. The van der Waals surface area contributed by atoms with Crippen LogP contribution in [0, 0.1) is 21.4 Å². The quantitative estimate of drug-likeness (QED) is 0.470. The molecule has 1 N–H and O–H groups in total. The Balaban J connectivity index is 3.34. The van der Waals surface area contributed by atoms with Crippen molar-refractivity contribution in [2.45, 2.75) is 11.3 Å². The van der Waals surface area contributed by atoms with E-state index in [0.717, 1.165) is 6.07 Å². The zero-order valence-electron chi connectivity index (χ0n) is 7.88. The van der Waals surface area contributed by atoms with Crippen LogP contribution in [0.5, 0.6) is 0 Å². The van der Waals surface area contributed by atoms with Gasteiger partial charge in [-0.15, -0.1) is 12.6 Å². The molecule has 0 heterocycles. The first-order valence-corrected chi connectivity index (χ1v) is 4.52. The lowest BCUT2D eigenvalue weighted by Gasteiger charge is -2.03. The first-order chi connectivity index (χ1) is 7.45. The van der Waals surface area contributed by atoms with Gasteiger partial charge in [0.2, 0.25) is 0 Å². The maximum Gasteiger partial charge on any atom is 0.307 e. The number of nitrogens with zero attached hydrogens (tertiary/aromatic N) is 2. The minimum atomic E-state index is -1.12. The summed E-state index contributed by atoms with van der Waals surface area (Å²) in [5.74, 6) is -1.12. The third kappa shape index (κ3) is 2.49. The Morgan fingerprint density at radius 1 is 1.62 bits per heavy atom. The van der Waals surface area contributed by atoms with Crippen LogP contribution in [-0.2, 0) is 11.2 Å². The summed E-state index contributed by atoms with van der Waals surface area (Å²) in [5, 5.41) is 27.9. The standard InChI is InChI=1S/C9H6N2O4S/c10-4-6-2-8(16)5(3-9(12)13)1-7(6)11(14)15/h1-2,16H,3H2,(H,12,13). The van der Waals surface area contributed by atoms with E-state index in [9.17, 15) is 14.9 Å². The lowest BCUT2D eigenvalue weighted by Crippen LogP contribution is -2.03. The minimum Gasteiger partial charge on any atom is -0.481 e. The summed E-state index contributed by atoms with van der Waals surface area (Å²) in [6, 6.07) is 3.92. The highest BCUT2D eigenvalue weighted by Crippen LogP contribution is 2.25. The minimum absolute atomic E-state index is 0.135. The Morgan fingerprint density at radius 3 is 2.69 bits per heavy atom. The summed E-state index contributed by atoms with van der Waals surface area (Å²) in [6.07, 6.45) is -0.370. The van der Waals surface area contributed by atoms with Crippen molar-refractivity contribution in [3.63, 3.8) is 0 Å². The molecule has 0 fully saturated rings. The second-order valence-electron chi connectivity index (χ2n) is 2.94. The maximum atomic E-state index is 10.6. The van der Waals surface area contributed by atoms with Crippen LogP contribution in [0.15, 0.2) is 17.0 Å². The molecule has 0 radical (unpaired) electrons. The molecule has 7 heteroatoms. The highest BCUT2D eigenvalue weighted by molar-refractivity contribution is 7.80. The van der Waals surface area contributed by atoms with Gasteiger partial charge < -0.3 is 5.11 Å². The largest absolute Gasteiger partial charge is 0.481 e. The molecule has 1 aromatic rings. The molecule has 0 aliphatic carbocycles. The van der Waals surface area contributed by atoms with Crippen LogP contribution < -0.4 is 0 Å². The van der Waals surface area contributed by atoms with Crippen LogP contribution >= 0.6 is 12.6 Å². The van der Waals surface area contributed by atoms with E-state index in [1.807, 2.05) is 0 Å². The monoisotopic (exact) mass is 238 g/mol. The van der Waals surface area contributed by atoms with Gasteiger partial charge >= 0.3 is 5.97 Å². The number of thiol groups is 1. The van der Waals surface area contributed by atoms with Crippen LogP contribution in [0.4, 0.5) is 5.69 Å². The van der Waals surface area contributed by atoms with Gasteiger partial charge in [-0.05, 0) is 11.6 Å². The Morgan fingerprint density at radius 2 is 2.25 bits per heavy atom. The summed E-state index contributed by atoms with van der Waals surface area (Å²) >= 11 is 3.97. The third-order valence-corrected chi connectivity index (χ3v) is 2.27. The highest BCUT2D eigenvalue weighted by atomic mass is 32.1. The Bertz CT molecular complexity index is 507. The van der Waals surface area contributed by atoms with E-state index in [0.29, 0.717) is 0 Å². The van der Waals surface area contributed by atoms with Crippen LogP contribution in [0.25, 0.3) is 0 Å². The zero-order valence-corrected chi connectivity index (χ0v) is 8.77. The van der Waals surface area contributed by atoms with Crippen LogP contribution in [-0.4, -0.2) is 16.0 Å². The molecule has 0 spiro atoms. The predicted molar refractivity (Wildman–Crippen MR) is 56.4 cm³/mol. The number of hydrogen-bond acceptors (Lipinski definition) is 5. The van der Waals surface area contributed by atoms with E-state index in [-0.39, 0.29) is 22.4 Å². The number of carboxylic acid groups (broad SMARTS) is 1. The topological polar surface area (TPSA) is 104 Å². The van der Waals surface area contributed by atoms with Gasteiger partial charge in [0.1, 0.15) is 11.6 Å². The van der Waals surface area contributed by atoms with Crippen molar-refractivity contribution in [1.82, 2.24) is 0 Å². The molecule has 16 heavy (non-hydrogen) atoms. The SMILES string of the molecule is N#Cc1cc(S)c(CC(=O)O)cc1[N+](=O)[O-]. The Kier molecular flexibility index (Phi) is 3.48. The number of nitriles is 1. The van der Waals surface area contributed by atoms with Crippen molar-refractivity contribution in [2.75, 3.05) is 0 Å². The third-order valence-electron chi connectivity index (χ3n) is 1.86. The van der Waals surface area contributed by atoms with Crippen molar-refractivity contribution in [2.24, 2.45) is 0 Å². The molecule has 6 nitrogen and oxygen atoms in total. The van der Waals surface area contributed by atoms with Gasteiger partial charge in [0.15, 0.2) is 0 Å². The summed E-state index contributed by atoms with van der Waals surface area (Å²) in [5.41, 5.74) is -0.331. The van der Waals surface area contributed by atoms with E-state index >= 15 is 0 Å². The van der Waals surface area contributed by atoms with Gasteiger partial charge in [-0.2, -0.15) is 5.26 Å². The smallest absolute Gasteiger partial charge is 0.307 e. The van der Waals surface area contributed by atoms with Gasteiger partial charge in [0, 0.05) is 11.0 Å². The van der Waals surface area contributed by atoms with E-state index in [1.54, 1.807) is 6.07 Å². The van der Waals surface area contributed by atoms with Gasteiger partial charge in [-0.25, -0.2) is 0 Å². The summed E-state index contributed by atoms with van der Waals surface area (Å²) in [4.78, 5) is 20.6. The average molecular weight is 238 g/mol. The predicted octanol–water partition coefficient (Wildman–Crippen LogP) is 1.38. The summed E-state index contributed by atoms with van der Waals surface area (Å²) in [7, 11) is 0. The van der Waals surface area contributed by atoms with E-state index in [4.69, 9.17) is 10.4 Å². The molecule has 0 aliphatic heterocycles. The fourth-order valence-corrected chi connectivity index (χ4v) is 1.44. The van der Waals surface area contributed by atoms with Crippen LogP contribution in [0.2, 0.25) is 0 Å². The molecular formula is C9H6N2O4S. The number of hydrogen-bond donors (Lipinski definition) is 2. The van der Waals surface area contributed by atoms with Crippen LogP contribution in [0.3, 0.4) is 0 Å². The molecule has 0 bridgehead atoms. The average Bonchev–Trinajstić information content (AvgIpc) is 2.19. The fraction of sp³-hybridized carbons (Fsp3) is 0.111. The number of carbonyl (C=O) groups is 1. The summed E-state index contributed by atoms with van der Waals surface area (Å²) in [6.45, 7) is 0. The molecule has 82 valence electrons. The molecule has 0 saturated carbocycles. The molecule has 1 aromatic carbocycles. The molecule has 0 atom stereocenters. The Hall–Kier alpha value is -2.07. The Labute approximate surface area is 95.7 Å². The second kappa shape index (κ2) is 4.63. The normalized spacial score (nSPS) is 9.50. The van der Waals surface area contributed by atoms with E-state index in [2.05, 4.69) is 12.6 Å². The van der Waals surface area contributed by atoms with Crippen molar-refractivity contribution in [1.29, 1.82) is 5.26 Å². The van der Waals surface area contributed by atoms with Crippen LogP contribution in [0.1, 0.15) is 11.1 Å². The maximum absolute atomic E-state index is 10.6. The highest BCUT2D eigenvalue weighted by Gasteiger charge is 2.17. The first kappa shape index (κ1) is 12.0. The van der Waals surface area contributed by atoms with E-state index in [1.165, 1.54) is 6.07 Å². The van der Waals surface area contributed by atoms with Gasteiger partial charge in [-0.1, -0.05) is 0 Å². The van der Waals surface area contributed by atoms with Crippen molar-refractivity contribution in [3.05, 3.63) is 33.4 Å². The number of aliphatic carboxylic acids is 1. The van der Waals surface area contributed by atoms with Gasteiger partial charge in [0.05, 0.1) is 11.3 Å². The number of benzene rings is 1. The van der Waals surface area contributed by atoms with Crippen molar-refractivity contribution < 1.29 is 14.8 Å².